The molecule has 0 aliphatic carbocycles. The van der Waals surface area contributed by atoms with Crippen molar-refractivity contribution in [3.8, 4) is 0 Å². The molecule has 0 spiro atoms. The summed E-state index contributed by atoms with van der Waals surface area (Å²) in [5.41, 5.74) is 0.445. The number of amides is 2. The second kappa shape index (κ2) is 8.41. The van der Waals surface area contributed by atoms with Crippen LogP contribution in [0.15, 0.2) is 29.2 Å². The van der Waals surface area contributed by atoms with Crippen LogP contribution < -0.4 is 15.4 Å². The van der Waals surface area contributed by atoms with Gasteiger partial charge in [0, 0.05) is 19.2 Å². The highest BCUT2D eigenvalue weighted by Crippen LogP contribution is 2.14. The van der Waals surface area contributed by atoms with Crippen molar-refractivity contribution in [2.24, 2.45) is 0 Å². The summed E-state index contributed by atoms with van der Waals surface area (Å²) in [6.07, 6.45) is -0.254. The molecule has 1 aromatic carbocycles. The molecule has 0 radical (unpaired) electrons. The number of sulfonamides is 1. The number of nitrogens with one attached hydrogen (secondary N) is 3. The van der Waals surface area contributed by atoms with E-state index < -0.39 is 27.9 Å². The van der Waals surface area contributed by atoms with Gasteiger partial charge in [-0.15, -0.1) is 0 Å². The summed E-state index contributed by atoms with van der Waals surface area (Å²) in [4.78, 5) is 33.0. The van der Waals surface area contributed by atoms with Gasteiger partial charge in [-0.2, -0.15) is 4.72 Å². The standard InChI is InChI=1S/C14H19N3O6S/c1-9(14(21)15-8-7-13(19)20)17-24(22,23)12-5-3-11(4-6-12)16-10(2)18/h3-6,9,17H,7-8H2,1-2H3,(H,15,21)(H,16,18)(H,19,20). The van der Waals surface area contributed by atoms with E-state index in [1.807, 2.05) is 0 Å². The molecule has 1 aromatic rings. The topological polar surface area (TPSA) is 142 Å². The van der Waals surface area contributed by atoms with Crippen LogP contribution in [-0.2, 0) is 24.4 Å². The molecule has 1 atom stereocenters. The van der Waals surface area contributed by atoms with Gasteiger partial charge in [-0.1, -0.05) is 0 Å². The van der Waals surface area contributed by atoms with Gasteiger partial charge >= 0.3 is 5.97 Å². The average Bonchev–Trinajstić information content (AvgIpc) is 2.46. The number of hydrogen-bond donors (Lipinski definition) is 4. The molecule has 1 unspecified atom stereocenters. The third-order valence-corrected chi connectivity index (χ3v) is 4.40. The fraction of sp³-hybridized carbons (Fsp3) is 0.357. The largest absolute Gasteiger partial charge is 0.481 e. The van der Waals surface area contributed by atoms with Gasteiger partial charge in [-0.25, -0.2) is 8.42 Å². The summed E-state index contributed by atoms with van der Waals surface area (Å²) in [5, 5.41) is 13.3. The maximum absolute atomic E-state index is 12.2. The minimum absolute atomic E-state index is 0.0678. The SMILES string of the molecule is CC(=O)Nc1ccc(S(=O)(=O)NC(C)C(=O)NCCC(=O)O)cc1. The van der Waals surface area contributed by atoms with Crippen molar-refractivity contribution in [3.05, 3.63) is 24.3 Å². The molecule has 24 heavy (non-hydrogen) atoms. The van der Waals surface area contributed by atoms with Crippen molar-refractivity contribution < 1.29 is 27.9 Å². The molecule has 0 saturated carbocycles. The van der Waals surface area contributed by atoms with Gasteiger partial charge in [0.05, 0.1) is 17.4 Å². The quantitative estimate of drug-likeness (QED) is 0.512. The van der Waals surface area contributed by atoms with Crippen LogP contribution in [-0.4, -0.2) is 43.9 Å². The van der Waals surface area contributed by atoms with Gasteiger partial charge in [0.25, 0.3) is 0 Å². The number of carbonyl (C=O) groups is 3. The monoisotopic (exact) mass is 357 g/mol. The highest BCUT2D eigenvalue weighted by molar-refractivity contribution is 7.89. The Morgan fingerprint density at radius 2 is 1.75 bits per heavy atom. The zero-order chi connectivity index (χ0) is 18.3. The number of benzene rings is 1. The number of rotatable bonds is 8. The molecule has 0 heterocycles. The zero-order valence-electron chi connectivity index (χ0n) is 13.2. The average molecular weight is 357 g/mol. The molecule has 132 valence electrons. The van der Waals surface area contributed by atoms with E-state index in [4.69, 9.17) is 5.11 Å². The van der Waals surface area contributed by atoms with E-state index >= 15 is 0 Å². The molecule has 10 heteroatoms. The minimum Gasteiger partial charge on any atom is -0.481 e. The lowest BCUT2D eigenvalue weighted by molar-refractivity contribution is -0.137. The number of carbonyl (C=O) groups excluding carboxylic acids is 2. The number of anilines is 1. The molecule has 0 saturated heterocycles. The Hall–Kier alpha value is -2.46. The Balaban J connectivity index is 2.69. The van der Waals surface area contributed by atoms with Crippen LogP contribution in [0.3, 0.4) is 0 Å². The number of carboxylic acid groups (broad SMARTS) is 1. The Morgan fingerprint density at radius 3 is 2.25 bits per heavy atom. The second-order valence-corrected chi connectivity index (χ2v) is 6.70. The minimum atomic E-state index is -3.93. The van der Waals surface area contributed by atoms with Gasteiger partial charge in [0.2, 0.25) is 21.8 Å². The first kappa shape index (κ1) is 19.6. The molecular weight excluding hydrogens is 338 g/mol. The molecular formula is C14H19N3O6S. The first-order chi connectivity index (χ1) is 11.1. The third kappa shape index (κ3) is 6.34. The first-order valence-corrected chi connectivity index (χ1v) is 8.49. The van der Waals surface area contributed by atoms with Gasteiger partial charge in [0.15, 0.2) is 0 Å². The first-order valence-electron chi connectivity index (χ1n) is 7.01. The molecule has 0 aliphatic rings. The Morgan fingerprint density at radius 1 is 1.17 bits per heavy atom. The van der Waals surface area contributed by atoms with Crippen LogP contribution >= 0.6 is 0 Å². The summed E-state index contributed by atoms with van der Waals surface area (Å²) in [6, 6.07) is 4.37. The summed E-state index contributed by atoms with van der Waals surface area (Å²) >= 11 is 0. The van der Waals surface area contributed by atoms with Crippen LogP contribution in [0.25, 0.3) is 0 Å². The second-order valence-electron chi connectivity index (χ2n) is 4.98. The van der Waals surface area contributed by atoms with Gasteiger partial charge < -0.3 is 15.7 Å². The van der Waals surface area contributed by atoms with Crippen molar-refractivity contribution in [1.29, 1.82) is 0 Å². The lowest BCUT2D eigenvalue weighted by atomic mass is 10.3. The van der Waals surface area contributed by atoms with E-state index in [1.165, 1.54) is 38.1 Å². The summed E-state index contributed by atoms with van der Waals surface area (Å²) in [6.45, 7) is 2.59. The van der Waals surface area contributed by atoms with Crippen LogP contribution in [0.4, 0.5) is 5.69 Å². The van der Waals surface area contributed by atoms with Gasteiger partial charge in [-0.3, -0.25) is 14.4 Å². The molecule has 0 bridgehead atoms. The molecule has 1 rings (SSSR count). The van der Waals surface area contributed by atoms with Crippen molar-refractivity contribution in [3.63, 3.8) is 0 Å². The van der Waals surface area contributed by atoms with E-state index in [0.29, 0.717) is 5.69 Å². The number of hydrogen-bond acceptors (Lipinski definition) is 5. The van der Waals surface area contributed by atoms with Gasteiger partial charge in [0.1, 0.15) is 0 Å². The third-order valence-electron chi connectivity index (χ3n) is 2.85. The molecule has 4 N–H and O–H groups in total. The lowest BCUT2D eigenvalue weighted by Gasteiger charge is -2.14. The Kier molecular flexibility index (Phi) is 6.86. The van der Waals surface area contributed by atoms with Crippen molar-refractivity contribution in [2.45, 2.75) is 31.2 Å². The van der Waals surface area contributed by atoms with E-state index in [2.05, 4.69) is 15.4 Å². The normalized spacial score (nSPS) is 12.2. The zero-order valence-corrected chi connectivity index (χ0v) is 14.0. The highest BCUT2D eigenvalue weighted by atomic mass is 32.2. The van der Waals surface area contributed by atoms with E-state index in [-0.39, 0.29) is 23.8 Å². The number of carboxylic acids is 1. The highest BCUT2D eigenvalue weighted by Gasteiger charge is 2.21. The van der Waals surface area contributed by atoms with E-state index in [1.54, 1.807) is 0 Å². The Bertz CT molecular complexity index is 715. The predicted octanol–water partition coefficient (Wildman–Crippen LogP) is -0.0973. The molecule has 0 aliphatic heterocycles. The van der Waals surface area contributed by atoms with Gasteiger partial charge in [-0.05, 0) is 31.2 Å². The van der Waals surface area contributed by atoms with Crippen LogP contribution in [0.1, 0.15) is 20.3 Å². The Labute approximate surface area is 139 Å². The molecule has 0 fully saturated rings. The van der Waals surface area contributed by atoms with E-state index in [0.717, 1.165) is 0 Å². The smallest absolute Gasteiger partial charge is 0.305 e. The molecule has 0 aromatic heterocycles. The fourth-order valence-corrected chi connectivity index (χ4v) is 2.92. The lowest BCUT2D eigenvalue weighted by Crippen LogP contribution is -2.45. The van der Waals surface area contributed by atoms with E-state index in [9.17, 15) is 22.8 Å². The van der Waals surface area contributed by atoms with Crippen molar-refractivity contribution in [2.75, 3.05) is 11.9 Å². The number of aliphatic carboxylic acids is 1. The predicted molar refractivity (Wildman–Crippen MR) is 85.8 cm³/mol. The summed E-state index contributed by atoms with van der Waals surface area (Å²) in [5.74, 6) is -1.98. The molecule has 9 nitrogen and oxygen atoms in total. The fourth-order valence-electron chi connectivity index (χ4n) is 1.72. The van der Waals surface area contributed by atoms with Crippen LogP contribution in [0.2, 0.25) is 0 Å². The summed E-state index contributed by atoms with van der Waals surface area (Å²) in [7, 11) is -3.93. The maximum Gasteiger partial charge on any atom is 0.305 e. The maximum atomic E-state index is 12.2. The van der Waals surface area contributed by atoms with Crippen LogP contribution in [0, 0.1) is 0 Å². The molecule has 2 amide bonds. The summed E-state index contributed by atoms with van der Waals surface area (Å²) < 4.78 is 26.6. The van der Waals surface area contributed by atoms with Crippen LogP contribution in [0.5, 0.6) is 0 Å². The van der Waals surface area contributed by atoms with Crippen molar-refractivity contribution in [1.82, 2.24) is 10.0 Å². The van der Waals surface area contributed by atoms with Crippen molar-refractivity contribution >= 4 is 33.5 Å².